The molecule has 1 aliphatic rings. The lowest BCUT2D eigenvalue weighted by molar-refractivity contribution is -0.170. The van der Waals surface area contributed by atoms with Gasteiger partial charge in [0.1, 0.15) is 5.69 Å². The minimum absolute atomic E-state index is 0.0626. The number of hydrogen-bond donors (Lipinski definition) is 3. The van der Waals surface area contributed by atoms with Crippen molar-refractivity contribution in [2.45, 2.75) is 31.0 Å². The van der Waals surface area contributed by atoms with E-state index in [4.69, 9.17) is 10.9 Å². The fourth-order valence-corrected chi connectivity index (χ4v) is 3.60. The molecule has 1 aliphatic heterocycles. The molecule has 0 radical (unpaired) electrons. The van der Waals surface area contributed by atoms with Gasteiger partial charge in [0, 0.05) is 19.3 Å². The first-order chi connectivity index (χ1) is 11.8. The largest absolute Gasteiger partial charge is 0.477 e. The molecule has 1 aromatic rings. The minimum Gasteiger partial charge on any atom is -0.477 e. The molecule has 9 nitrogen and oxygen atoms in total. The number of carboxylic acids is 1. The van der Waals surface area contributed by atoms with Gasteiger partial charge in [-0.3, -0.25) is 4.79 Å². The molecule has 0 bridgehead atoms. The van der Waals surface area contributed by atoms with Crippen molar-refractivity contribution in [1.82, 2.24) is 8.87 Å². The third kappa shape index (κ3) is 3.99. The van der Waals surface area contributed by atoms with Crippen LogP contribution in [0.2, 0.25) is 0 Å². The van der Waals surface area contributed by atoms with E-state index in [-0.39, 0.29) is 31.5 Å². The molecule has 5 N–H and O–H groups in total. The number of likely N-dealkylation sites (tertiary alicyclic amines) is 1. The van der Waals surface area contributed by atoms with Crippen molar-refractivity contribution >= 4 is 22.1 Å². The fourth-order valence-electron chi connectivity index (χ4n) is 2.94. The zero-order valence-electron chi connectivity index (χ0n) is 13.3. The van der Waals surface area contributed by atoms with Gasteiger partial charge in [0.15, 0.2) is 6.04 Å². The lowest BCUT2D eigenvalue weighted by Crippen LogP contribution is -2.53. The molecule has 0 aromatic carbocycles. The third-order valence-electron chi connectivity index (χ3n) is 4.23. The smallest absolute Gasteiger partial charge is 0.412 e. The molecular weight excluding hydrogens is 381 g/mol. The monoisotopic (exact) mass is 398 g/mol. The Morgan fingerprint density at radius 1 is 1.27 bits per heavy atom. The van der Waals surface area contributed by atoms with Gasteiger partial charge in [-0.1, -0.05) is 0 Å². The van der Waals surface area contributed by atoms with Crippen molar-refractivity contribution in [1.29, 1.82) is 0 Å². The highest BCUT2D eigenvalue weighted by Crippen LogP contribution is 2.32. The van der Waals surface area contributed by atoms with Crippen molar-refractivity contribution in [2.24, 2.45) is 10.9 Å². The van der Waals surface area contributed by atoms with E-state index in [1.54, 1.807) is 0 Å². The van der Waals surface area contributed by atoms with Crippen LogP contribution in [-0.4, -0.2) is 59.6 Å². The molecule has 0 aliphatic carbocycles. The number of aromatic carboxylic acids is 1. The van der Waals surface area contributed by atoms with Gasteiger partial charge in [0.2, 0.25) is 5.91 Å². The van der Waals surface area contributed by atoms with E-state index in [0.717, 1.165) is 11.1 Å². The number of nitrogens with zero attached hydrogens (tertiary/aromatic N) is 2. The fraction of sp³-hybridized carbons (Fsp3) is 0.538. The van der Waals surface area contributed by atoms with Gasteiger partial charge in [0.05, 0.1) is 0 Å². The lowest BCUT2D eigenvalue weighted by Gasteiger charge is -2.34. The van der Waals surface area contributed by atoms with Gasteiger partial charge in [-0.25, -0.2) is 13.9 Å². The summed E-state index contributed by atoms with van der Waals surface area (Å²) in [6, 6.07) is -1.32. The van der Waals surface area contributed by atoms with Crippen LogP contribution in [0.3, 0.4) is 0 Å². The van der Waals surface area contributed by atoms with Gasteiger partial charge in [-0.15, -0.1) is 0 Å². The molecule has 2 rings (SSSR count). The Morgan fingerprint density at radius 3 is 2.23 bits per heavy atom. The Labute approximate surface area is 146 Å². The summed E-state index contributed by atoms with van der Waals surface area (Å²) in [5.41, 5.74) is 4.58. The second kappa shape index (κ2) is 6.89. The number of hydrogen-bond acceptors (Lipinski definition) is 5. The average Bonchev–Trinajstić information content (AvgIpc) is 2.98. The van der Waals surface area contributed by atoms with Gasteiger partial charge in [-0.05, 0) is 30.4 Å². The van der Waals surface area contributed by atoms with Crippen LogP contribution in [0.25, 0.3) is 0 Å². The van der Waals surface area contributed by atoms with E-state index in [9.17, 15) is 36.3 Å². The highest BCUT2D eigenvalue weighted by Gasteiger charge is 2.44. The number of nitrogens with two attached hydrogens (primary N) is 2. The summed E-state index contributed by atoms with van der Waals surface area (Å²) in [4.78, 5) is 24.2. The van der Waals surface area contributed by atoms with Gasteiger partial charge in [0.25, 0.3) is 0 Å². The predicted octanol–water partition coefficient (Wildman–Crippen LogP) is -0.167. The highest BCUT2D eigenvalue weighted by atomic mass is 32.2. The maximum Gasteiger partial charge on any atom is 0.412 e. The third-order valence-corrected chi connectivity index (χ3v) is 5.08. The van der Waals surface area contributed by atoms with Crippen LogP contribution in [-0.2, 0) is 15.0 Å². The molecule has 1 aromatic heterocycles. The Morgan fingerprint density at radius 2 is 1.81 bits per heavy atom. The van der Waals surface area contributed by atoms with E-state index in [1.165, 1.54) is 6.07 Å². The molecule has 1 amide bonds. The van der Waals surface area contributed by atoms with Crippen LogP contribution in [0.1, 0.15) is 34.8 Å². The molecule has 1 fully saturated rings. The van der Waals surface area contributed by atoms with Crippen molar-refractivity contribution < 1.29 is 36.3 Å². The van der Waals surface area contributed by atoms with E-state index >= 15 is 0 Å². The Balaban J connectivity index is 2.18. The number of halogens is 3. The van der Waals surface area contributed by atoms with E-state index in [1.807, 2.05) is 0 Å². The molecule has 0 saturated carbocycles. The number of alkyl halides is 3. The maximum atomic E-state index is 12.5. The first kappa shape index (κ1) is 20.2. The zero-order valence-corrected chi connectivity index (χ0v) is 14.1. The predicted molar refractivity (Wildman–Crippen MR) is 82.5 cm³/mol. The molecule has 0 spiro atoms. The van der Waals surface area contributed by atoms with Crippen LogP contribution in [0.15, 0.2) is 12.3 Å². The van der Waals surface area contributed by atoms with Crippen molar-refractivity contribution in [3.05, 3.63) is 23.5 Å². The van der Waals surface area contributed by atoms with E-state index in [2.05, 4.69) is 0 Å². The summed E-state index contributed by atoms with van der Waals surface area (Å²) in [5.74, 6) is -3.21. The molecule has 1 saturated heterocycles. The van der Waals surface area contributed by atoms with Crippen LogP contribution in [0.5, 0.6) is 0 Å². The molecular formula is C13H17F3N4O5S. The molecule has 146 valence electrons. The van der Waals surface area contributed by atoms with Crippen molar-refractivity contribution in [2.75, 3.05) is 13.1 Å². The van der Waals surface area contributed by atoms with Gasteiger partial charge >= 0.3 is 22.4 Å². The van der Waals surface area contributed by atoms with Gasteiger partial charge < -0.3 is 15.7 Å². The number of carbonyl (C=O) groups excluding carboxylic acids is 1. The number of rotatable bonds is 4. The summed E-state index contributed by atoms with van der Waals surface area (Å²) < 4.78 is 61.0. The minimum atomic E-state index is -4.85. The summed E-state index contributed by atoms with van der Waals surface area (Å²) in [6.07, 6.45) is -3.53. The maximum absolute atomic E-state index is 12.5. The Hall–Kier alpha value is -2.12. The number of carbonyl (C=O) groups is 2. The van der Waals surface area contributed by atoms with E-state index < -0.39 is 45.9 Å². The number of amides is 1. The molecule has 2 heterocycles. The van der Waals surface area contributed by atoms with Gasteiger partial charge in [-0.2, -0.15) is 21.6 Å². The highest BCUT2D eigenvalue weighted by molar-refractivity contribution is 7.87. The van der Waals surface area contributed by atoms with Crippen LogP contribution >= 0.6 is 0 Å². The molecule has 1 atom stereocenters. The Kier molecular flexibility index (Phi) is 5.35. The normalized spacial score (nSPS) is 18.0. The van der Waals surface area contributed by atoms with Crippen molar-refractivity contribution in [3.8, 4) is 0 Å². The SMILES string of the molecule is N[C@H](C(=O)N1CCC(c2ccn(S(N)(=O)=O)c2C(=O)O)CC1)C(F)(F)F. The number of piperidine rings is 1. The standard InChI is InChI=1S/C13H17F3N4O5S/c14-13(15,16)10(17)11(21)19-4-1-7(2-5-19)8-3-6-20(26(18,24)25)9(8)12(22)23/h3,6-7,10H,1-2,4-5,17H2,(H,22,23)(H2,18,24,25)/t10-/m1/s1. The second-order valence-corrected chi connectivity index (χ2v) is 7.31. The van der Waals surface area contributed by atoms with E-state index in [0.29, 0.717) is 3.97 Å². The molecule has 0 unspecified atom stereocenters. The van der Waals surface area contributed by atoms with Crippen LogP contribution in [0, 0.1) is 0 Å². The first-order valence-corrected chi connectivity index (χ1v) is 8.93. The number of aromatic nitrogens is 1. The first-order valence-electron chi connectivity index (χ1n) is 7.43. The topological polar surface area (TPSA) is 149 Å². The van der Waals surface area contributed by atoms with Crippen LogP contribution in [0.4, 0.5) is 13.2 Å². The quantitative estimate of drug-likeness (QED) is 0.641. The Bertz CT molecular complexity index is 812. The zero-order chi connectivity index (χ0) is 19.9. The average molecular weight is 398 g/mol. The van der Waals surface area contributed by atoms with Crippen molar-refractivity contribution in [3.63, 3.8) is 0 Å². The summed E-state index contributed by atoms with van der Waals surface area (Å²) >= 11 is 0. The molecule has 13 heteroatoms. The lowest BCUT2D eigenvalue weighted by atomic mass is 9.89. The number of carboxylic acid groups (broad SMARTS) is 1. The van der Waals surface area contributed by atoms with Crippen LogP contribution < -0.4 is 10.9 Å². The summed E-state index contributed by atoms with van der Waals surface area (Å²) in [5, 5.41) is 14.3. The second-order valence-electron chi connectivity index (χ2n) is 5.88. The molecule has 26 heavy (non-hydrogen) atoms. The summed E-state index contributed by atoms with van der Waals surface area (Å²) in [6.45, 7) is -0.125. The summed E-state index contributed by atoms with van der Waals surface area (Å²) in [7, 11) is -4.32.